The number of rotatable bonds is 5. The number of esters is 1. The summed E-state index contributed by atoms with van der Waals surface area (Å²) in [6, 6.07) is 4.57. The van der Waals surface area contributed by atoms with Gasteiger partial charge < -0.3 is 15.2 Å². The monoisotopic (exact) mass is 341 g/mol. The molecule has 0 spiro atoms. The number of hydrogen-bond donors (Lipinski definition) is 1. The number of alkyl halides is 3. The molecule has 19 heavy (non-hydrogen) atoms. The number of carbonyl (C=O) groups is 1. The van der Waals surface area contributed by atoms with Gasteiger partial charge in [0, 0.05) is 10.2 Å². The molecule has 0 saturated carbocycles. The van der Waals surface area contributed by atoms with Crippen molar-refractivity contribution in [3.8, 4) is 0 Å². The lowest BCUT2D eigenvalue weighted by atomic mass is 10.2. The number of anilines is 1. The zero-order valence-corrected chi connectivity index (χ0v) is 11.3. The lowest BCUT2D eigenvalue weighted by Gasteiger charge is -2.09. The fourth-order valence-corrected chi connectivity index (χ4v) is 1.57. The van der Waals surface area contributed by atoms with E-state index in [-0.39, 0.29) is 18.8 Å². The van der Waals surface area contributed by atoms with Crippen LogP contribution in [0.4, 0.5) is 18.9 Å². The largest absolute Gasteiger partial charge is 0.460 e. The van der Waals surface area contributed by atoms with Crippen molar-refractivity contribution in [2.45, 2.75) is 6.18 Å². The van der Waals surface area contributed by atoms with E-state index in [4.69, 9.17) is 10.5 Å². The Morgan fingerprint density at radius 1 is 1.32 bits per heavy atom. The van der Waals surface area contributed by atoms with Crippen LogP contribution in [0, 0.1) is 0 Å². The molecule has 2 N–H and O–H groups in total. The van der Waals surface area contributed by atoms with Crippen molar-refractivity contribution in [1.29, 1.82) is 0 Å². The molecule has 0 saturated heterocycles. The molecule has 1 aromatic rings. The molecule has 1 aromatic carbocycles. The van der Waals surface area contributed by atoms with E-state index in [9.17, 15) is 18.0 Å². The van der Waals surface area contributed by atoms with Gasteiger partial charge >= 0.3 is 12.1 Å². The first-order valence-electron chi connectivity index (χ1n) is 5.16. The fourth-order valence-electron chi connectivity index (χ4n) is 1.16. The molecular weight excluding hydrogens is 331 g/mol. The minimum Gasteiger partial charge on any atom is -0.460 e. The van der Waals surface area contributed by atoms with E-state index >= 15 is 0 Å². The first-order chi connectivity index (χ1) is 8.79. The topological polar surface area (TPSA) is 61.6 Å². The normalized spacial score (nSPS) is 11.4. The zero-order valence-electron chi connectivity index (χ0n) is 9.67. The highest BCUT2D eigenvalue weighted by Crippen LogP contribution is 2.20. The Bertz CT molecular complexity index is 451. The summed E-state index contributed by atoms with van der Waals surface area (Å²) in [5.74, 6) is -0.685. The average Bonchev–Trinajstić information content (AvgIpc) is 2.30. The van der Waals surface area contributed by atoms with Crippen LogP contribution in [0.1, 0.15) is 10.4 Å². The Labute approximate surface area is 115 Å². The summed E-state index contributed by atoms with van der Waals surface area (Å²) < 4.78 is 44.8. The minimum absolute atomic E-state index is 0.204. The predicted molar refractivity (Wildman–Crippen MR) is 65.7 cm³/mol. The highest BCUT2D eigenvalue weighted by Gasteiger charge is 2.27. The lowest BCUT2D eigenvalue weighted by Crippen LogP contribution is -2.19. The molecule has 0 amide bonds. The molecule has 0 radical (unpaired) electrons. The highest BCUT2D eigenvalue weighted by molar-refractivity contribution is 9.10. The van der Waals surface area contributed by atoms with Gasteiger partial charge in [0.1, 0.15) is 13.2 Å². The quantitative estimate of drug-likeness (QED) is 0.508. The van der Waals surface area contributed by atoms with Gasteiger partial charge in [-0.05, 0) is 34.1 Å². The van der Waals surface area contributed by atoms with Gasteiger partial charge in [0.25, 0.3) is 0 Å². The molecule has 106 valence electrons. The Morgan fingerprint density at radius 2 is 2.00 bits per heavy atom. The van der Waals surface area contributed by atoms with Crippen LogP contribution in [0.3, 0.4) is 0 Å². The van der Waals surface area contributed by atoms with Gasteiger partial charge in [-0.2, -0.15) is 13.2 Å². The van der Waals surface area contributed by atoms with Gasteiger partial charge in [0.05, 0.1) is 12.2 Å². The smallest absolute Gasteiger partial charge is 0.411 e. The minimum atomic E-state index is -4.39. The molecule has 0 atom stereocenters. The van der Waals surface area contributed by atoms with Gasteiger partial charge in [0.2, 0.25) is 0 Å². The Hall–Kier alpha value is -1.28. The van der Waals surface area contributed by atoms with Gasteiger partial charge in [-0.1, -0.05) is 0 Å². The van der Waals surface area contributed by atoms with Crippen LogP contribution < -0.4 is 5.73 Å². The van der Waals surface area contributed by atoms with Crippen molar-refractivity contribution in [3.05, 3.63) is 28.2 Å². The predicted octanol–water partition coefficient (Wildman–Crippen LogP) is 2.77. The van der Waals surface area contributed by atoms with Crippen LogP contribution in [0.2, 0.25) is 0 Å². The van der Waals surface area contributed by atoms with E-state index in [2.05, 4.69) is 20.7 Å². The van der Waals surface area contributed by atoms with Crippen LogP contribution >= 0.6 is 15.9 Å². The number of nitrogens with two attached hydrogens (primary N) is 1. The van der Waals surface area contributed by atoms with Crippen molar-refractivity contribution in [2.75, 3.05) is 25.6 Å². The van der Waals surface area contributed by atoms with Crippen LogP contribution in [0.5, 0.6) is 0 Å². The van der Waals surface area contributed by atoms with E-state index in [0.717, 1.165) is 0 Å². The molecule has 8 heteroatoms. The Balaban J connectivity index is 2.38. The second kappa shape index (κ2) is 6.76. The van der Waals surface area contributed by atoms with Gasteiger partial charge in [0.15, 0.2) is 0 Å². The average molecular weight is 342 g/mol. The highest BCUT2D eigenvalue weighted by atomic mass is 79.9. The molecule has 0 unspecified atom stereocenters. The third-order valence-corrected chi connectivity index (χ3v) is 2.63. The van der Waals surface area contributed by atoms with Gasteiger partial charge in [-0.3, -0.25) is 0 Å². The van der Waals surface area contributed by atoms with Gasteiger partial charge in [-0.15, -0.1) is 0 Å². The lowest BCUT2D eigenvalue weighted by molar-refractivity contribution is -0.175. The van der Waals surface area contributed by atoms with E-state index in [1.54, 1.807) is 12.1 Å². The van der Waals surface area contributed by atoms with E-state index in [1.807, 2.05) is 0 Å². The van der Waals surface area contributed by atoms with E-state index in [1.165, 1.54) is 6.07 Å². The maximum atomic E-state index is 11.8. The van der Waals surface area contributed by atoms with Crippen LogP contribution in [-0.4, -0.2) is 32.0 Å². The molecular formula is C11H11BrF3NO3. The number of carbonyl (C=O) groups excluding carboxylic acids is 1. The Morgan fingerprint density at radius 3 is 2.63 bits per heavy atom. The van der Waals surface area contributed by atoms with E-state index in [0.29, 0.717) is 10.2 Å². The maximum absolute atomic E-state index is 11.8. The fraction of sp³-hybridized carbons (Fsp3) is 0.364. The zero-order chi connectivity index (χ0) is 14.5. The molecule has 0 aromatic heterocycles. The van der Waals surface area contributed by atoms with Crippen LogP contribution in [-0.2, 0) is 9.47 Å². The van der Waals surface area contributed by atoms with Gasteiger partial charge in [-0.25, -0.2) is 4.79 Å². The van der Waals surface area contributed by atoms with Crippen molar-refractivity contribution in [3.63, 3.8) is 0 Å². The first-order valence-corrected chi connectivity index (χ1v) is 5.95. The number of hydrogen-bond acceptors (Lipinski definition) is 4. The Kier molecular flexibility index (Phi) is 5.61. The second-order valence-corrected chi connectivity index (χ2v) is 4.40. The summed E-state index contributed by atoms with van der Waals surface area (Å²) in [4.78, 5) is 11.6. The maximum Gasteiger partial charge on any atom is 0.411 e. The number of nitrogen functional groups attached to an aromatic ring is 1. The molecule has 0 fully saturated rings. The molecule has 0 aliphatic heterocycles. The summed E-state index contributed by atoms with van der Waals surface area (Å²) in [7, 11) is 0. The second-order valence-electron chi connectivity index (χ2n) is 3.54. The molecule has 1 rings (SSSR count). The van der Waals surface area contributed by atoms with Crippen molar-refractivity contribution < 1.29 is 27.4 Å². The molecule has 0 aliphatic carbocycles. The number of halogens is 4. The number of benzene rings is 1. The summed E-state index contributed by atoms with van der Waals surface area (Å²) in [5.41, 5.74) is 6.09. The molecule has 0 aliphatic rings. The van der Waals surface area contributed by atoms with Crippen LogP contribution in [0.15, 0.2) is 22.7 Å². The number of ether oxygens (including phenoxy) is 2. The standard InChI is InChI=1S/C11H11BrF3NO3/c12-9-2-1-7(16)5-8(9)10(17)19-4-3-18-6-11(13,14)15/h1-2,5H,3-4,6,16H2. The van der Waals surface area contributed by atoms with E-state index < -0.39 is 18.8 Å². The van der Waals surface area contributed by atoms with Crippen LogP contribution in [0.25, 0.3) is 0 Å². The third kappa shape index (κ3) is 5.93. The SMILES string of the molecule is Nc1ccc(Br)c(C(=O)OCCOCC(F)(F)F)c1. The third-order valence-electron chi connectivity index (χ3n) is 1.94. The van der Waals surface area contributed by atoms with Crippen molar-refractivity contribution in [2.24, 2.45) is 0 Å². The van der Waals surface area contributed by atoms with Crippen molar-refractivity contribution >= 4 is 27.6 Å². The summed E-state index contributed by atoms with van der Waals surface area (Å²) in [6.07, 6.45) is -4.39. The molecule has 0 bridgehead atoms. The summed E-state index contributed by atoms with van der Waals surface area (Å²) in [5, 5.41) is 0. The molecule has 4 nitrogen and oxygen atoms in total. The molecule has 0 heterocycles. The first kappa shape index (κ1) is 15.8. The summed E-state index contributed by atoms with van der Waals surface area (Å²) in [6.45, 7) is -1.96. The van der Waals surface area contributed by atoms with Crippen molar-refractivity contribution in [1.82, 2.24) is 0 Å². The summed E-state index contributed by atoms with van der Waals surface area (Å²) >= 11 is 3.14.